The Labute approximate surface area is 141 Å². The summed E-state index contributed by atoms with van der Waals surface area (Å²) < 4.78 is 5.25. The molecule has 1 heterocycles. The summed E-state index contributed by atoms with van der Waals surface area (Å²) in [5.74, 6) is -1.60. The highest BCUT2D eigenvalue weighted by Gasteiger charge is 2.24. The van der Waals surface area contributed by atoms with Crippen molar-refractivity contribution in [3.8, 4) is 0 Å². The molecule has 4 N–H and O–H groups in total. The normalized spacial score (nSPS) is 12.6. The van der Waals surface area contributed by atoms with E-state index in [1.807, 2.05) is 13.8 Å². The van der Waals surface area contributed by atoms with E-state index in [0.29, 0.717) is 5.69 Å². The second kappa shape index (κ2) is 7.85. The minimum absolute atomic E-state index is 0.0473. The molecule has 8 nitrogen and oxygen atoms in total. The number of hydrogen-bond donors (Lipinski definition) is 4. The third-order valence-electron chi connectivity index (χ3n) is 3.03. The van der Waals surface area contributed by atoms with Gasteiger partial charge in [-0.3, -0.25) is 9.59 Å². The molecule has 0 aliphatic carbocycles. The second-order valence-electron chi connectivity index (χ2n) is 6.77. The number of hydrogen-bond acceptors (Lipinski definition) is 4. The van der Waals surface area contributed by atoms with Crippen molar-refractivity contribution in [3.05, 3.63) is 23.5 Å². The summed E-state index contributed by atoms with van der Waals surface area (Å²) in [5.41, 5.74) is 0.252. The highest BCUT2D eigenvalue weighted by atomic mass is 16.6. The van der Waals surface area contributed by atoms with Crippen molar-refractivity contribution < 1.29 is 24.2 Å². The maximum atomic E-state index is 12.0. The number of carboxylic acid groups (broad SMARTS) is 1. The van der Waals surface area contributed by atoms with E-state index in [1.54, 1.807) is 32.9 Å². The minimum atomic E-state index is -1.12. The predicted octanol–water partition coefficient (Wildman–Crippen LogP) is 2.05. The number of amides is 2. The quantitative estimate of drug-likeness (QED) is 0.632. The topological polar surface area (TPSA) is 121 Å². The number of carboxylic acids is 1. The van der Waals surface area contributed by atoms with Crippen LogP contribution in [0.25, 0.3) is 0 Å². The number of aliphatic carboxylic acids is 1. The van der Waals surface area contributed by atoms with Crippen molar-refractivity contribution in [1.29, 1.82) is 0 Å². The van der Waals surface area contributed by atoms with Crippen molar-refractivity contribution in [2.45, 2.75) is 46.3 Å². The number of aromatic nitrogens is 1. The molecule has 1 rings (SSSR count). The minimum Gasteiger partial charge on any atom is -0.480 e. The van der Waals surface area contributed by atoms with Crippen LogP contribution >= 0.6 is 0 Å². The molecule has 1 unspecified atom stereocenters. The highest BCUT2D eigenvalue weighted by molar-refractivity contribution is 5.94. The fraction of sp³-hybridized carbons (Fsp3) is 0.562. The van der Waals surface area contributed by atoms with Crippen LogP contribution in [-0.2, 0) is 9.53 Å². The smallest absolute Gasteiger partial charge is 0.408 e. The molecule has 0 aliphatic rings. The van der Waals surface area contributed by atoms with E-state index in [-0.39, 0.29) is 17.7 Å². The zero-order valence-electron chi connectivity index (χ0n) is 14.6. The van der Waals surface area contributed by atoms with Crippen LogP contribution in [0, 0.1) is 5.92 Å². The molecule has 0 fully saturated rings. The largest absolute Gasteiger partial charge is 0.480 e. The molecule has 0 aliphatic heterocycles. The average molecular weight is 339 g/mol. The summed E-state index contributed by atoms with van der Waals surface area (Å²) >= 11 is 0. The summed E-state index contributed by atoms with van der Waals surface area (Å²) in [6.07, 6.45) is -0.548. The lowest BCUT2D eigenvalue weighted by atomic mass is 10.0. The van der Waals surface area contributed by atoms with Gasteiger partial charge in [-0.05, 0) is 38.8 Å². The Balaban J connectivity index is 2.81. The van der Waals surface area contributed by atoms with Gasteiger partial charge in [-0.15, -0.1) is 0 Å². The summed E-state index contributed by atoms with van der Waals surface area (Å²) in [7, 11) is 0. The number of carbonyl (C=O) groups is 3. The summed E-state index contributed by atoms with van der Waals surface area (Å²) in [5, 5.41) is 13.6. The zero-order valence-corrected chi connectivity index (χ0v) is 14.6. The first-order valence-corrected chi connectivity index (χ1v) is 7.68. The molecule has 0 aromatic carbocycles. The molecule has 24 heavy (non-hydrogen) atoms. The van der Waals surface area contributed by atoms with Gasteiger partial charge in [0.05, 0.1) is 6.04 Å². The number of alkyl carbamates (subject to hydrolysis) is 1. The van der Waals surface area contributed by atoms with Gasteiger partial charge >= 0.3 is 12.1 Å². The van der Waals surface area contributed by atoms with E-state index in [0.717, 1.165) is 0 Å². The van der Waals surface area contributed by atoms with Crippen LogP contribution in [0.4, 0.5) is 4.79 Å². The number of rotatable bonds is 6. The van der Waals surface area contributed by atoms with Crippen LogP contribution in [-0.4, -0.2) is 40.2 Å². The van der Waals surface area contributed by atoms with E-state index >= 15 is 0 Å². The first-order valence-electron chi connectivity index (χ1n) is 7.68. The molecule has 2 amide bonds. The average Bonchev–Trinajstić information content (AvgIpc) is 2.89. The Bertz CT molecular complexity index is 601. The molecule has 1 aromatic heterocycles. The van der Waals surface area contributed by atoms with Gasteiger partial charge in [0.25, 0.3) is 5.91 Å². The van der Waals surface area contributed by atoms with Gasteiger partial charge in [-0.1, -0.05) is 13.8 Å². The van der Waals surface area contributed by atoms with E-state index < -0.39 is 30.1 Å². The number of H-pyrrole nitrogens is 1. The Morgan fingerprint density at radius 1 is 1.25 bits per heavy atom. The molecule has 0 radical (unpaired) electrons. The summed E-state index contributed by atoms with van der Waals surface area (Å²) in [6, 6.07) is 2.84. The van der Waals surface area contributed by atoms with Gasteiger partial charge in [-0.2, -0.15) is 0 Å². The number of ether oxygens (including phenoxy) is 1. The summed E-state index contributed by atoms with van der Waals surface area (Å²) in [6.45, 7) is 8.71. The second-order valence-corrected chi connectivity index (χ2v) is 6.77. The van der Waals surface area contributed by atoms with Crippen molar-refractivity contribution >= 4 is 18.0 Å². The van der Waals surface area contributed by atoms with Crippen LogP contribution in [0.3, 0.4) is 0 Å². The standard InChI is InChI=1S/C16H25N3O5/c1-9(2)13(19-15(23)24-16(3,4)5)10-6-7-11(18-10)14(22)17-8-12(20)21/h6-7,9,13,18H,8H2,1-5H3,(H,17,22)(H,19,23)(H,20,21). The first-order chi connectivity index (χ1) is 11.0. The van der Waals surface area contributed by atoms with Crippen molar-refractivity contribution in [2.75, 3.05) is 6.54 Å². The van der Waals surface area contributed by atoms with Gasteiger partial charge < -0.3 is 25.5 Å². The number of aromatic amines is 1. The molecule has 8 heteroatoms. The maximum Gasteiger partial charge on any atom is 0.408 e. The van der Waals surface area contributed by atoms with Crippen molar-refractivity contribution in [3.63, 3.8) is 0 Å². The molecule has 1 atom stereocenters. The van der Waals surface area contributed by atoms with Crippen molar-refractivity contribution in [2.24, 2.45) is 5.92 Å². The molecule has 134 valence electrons. The number of nitrogens with one attached hydrogen (secondary N) is 3. The lowest BCUT2D eigenvalue weighted by Crippen LogP contribution is -2.37. The van der Waals surface area contributed by atoms with Gasteiger partial charge in [-0.25, -0.2) is 4.79 Å². The third kappa shape index (κ3) is 6.31. The lowest BCUT2D eigenvalue weighted by molar-refractivity contribution is -0.135. The SMILES string of the molecule is CC(C)C(NC(=O)OC(C)(C)C)c1ccc(C(=O)NCC(=O)O)[nH]1. The van der Waals surface area contributed by atoms with Gasteiger partial charge in [0.15, 0.2) is 0 Å². The van der Waals surface area contributed by atoms with E-state index in [9.17, 15) is 14.4 Å². The van der Waals surface area contributed by atoms with Crippen LogP contribution in [0.2, 0.25) is 0 Å². The van der Waals surface area contributed by atoms with Gasteiger partial charge in [0, 0.05) is 5.69 Å². The third-order valence-corrected chi connectivity index (χ3v) is 3.03. The molecule has 1 aromatic rings. The van der Waals surface area contributed by atoms with Gasteiger partial charge in [0.2, 0.25) is 0 Å². The fourth-order valence-electron chi connectivity index (χ4n) is 2.01. The Morgan fingerprint density at radius 2 is 1.88 bits per heavy atom. The van der Waals surface area contributed by atoms with Gasteiger partial charge in [0.1, 0.15) is 17.8 Å². The maximum absolute atomic E-state index is 12.0. The van der Waals surface area contributed by atoms with Crippen LogP contribution in [0.1, 0.15) is 56.8 Å². The molecule has 0 saturated heterocycles. The lowest BCUT2D eigenvalue weighted by Gasteiger charge is -2.25. The Morgan fingerprint density at radius 3 is 2.38 bits per heavy atom. The highest BCUT2D eigenvalue weighted by Crippen LogP contribution is 2.22. The van der Waals surface area contributed by atoms with E-state index in [1.165, 1.54) is 0 Å². The summed E-state index contributed by atoms with van der Waals surface area (Å²) in [4.78, 5) is 37.2. The molecule has 0 saturated carbocycles. The van der Waals surface area contributed by atoms with Crippen LogP contribution in [0.15, 0.2) is 12.1 Å². The Hall–Kier alpha value is -2.51. The van der Waals surface area contributed by atoms with E-state index in [4.69, 9.17) is 9.84 Å². The van der Waals surface area contributed by atoms with Crippen LogP contribution < -0.4 is 10.6 Å². The van der Waals surface area contributed by atoms with Crippen molar-refractivity contribution in [1.82, 2.24) is 15.6 Å². The molecular formula is C16H25N3O5. The van der Waals surface area contributed by atoms with E-state index in [2.05, 4.69) is 15.6 Å². The zero-order chi connectivity index (χ0) is 18.5. The molecular weight excluding hydrogens is 314 g/mol. The molecule has 0 spiro atoms. The van der Waals surface area contributed by atoms with Crippen LogP contribution in [0.5, 0.6) is 0 Å². The monoisotopic (exact) mass is 339 g/mol. The number of carbonyl (C=O) groups excluding carboxylic acids is 2. The molecule has 0 bridgehead atoms. The first kappa shape index (κ1) is 19.5. The predicted molar refractivity (Wildman–Crippen MR) is 87.7 cm³/mol. The fourth-order valence-corrected chi connectivity index (χ4v) is 2.01. The Kier molecular flexibility index (Phi) is 6.39.